The number of nitrogens with zero attached hydrogens (tertiary/aromatic N) is 1. The fourth-order valence-electron chi connectivity index (χ4n) is 1.41. The molecule has 9 heteroatoms. The first-order valence-corrected chi connectivity index (χ1v) is 6.98. The van der Waals surface area contributed by atoms with Crippen LogP contribution >= 0.6 is 0 Å². The number of hydrogen-bond acceptors (Lipinski definition) is 3. The monoisotopic (exact) mass is 314 g/mol. The summed E-state index contributed by atoms with van der Waals surface area (Å²) < 4.78 is 74.2. The van der Waals surface area contributed by atoms with Crippen molar-refractivity contribution < 1.29 is 26.0 Å². The van der Waals surface area contributed by atoms with Crippen LogP contribution in [0.25, 0.3) is 0 Å². The van der Waals surface area contributed by atoms with E-state index in [1.165, 1.54) is 6.92 Å². The summed E-state index contributed by atoms with van der Waals surface area (Å²) in [7, 11) is -3.21. The molecule has 0 aliphatic carbocycles. The Kier molecular flexibility index (Phi) is 4.65. The Morgan fingerprint density at radius 1 is 1.30 bits per heavy atom. The minimum absolute atomic E-state index is 0.0761. The van der Waals surface area contributed by atoms with Crippen molar-refractivity contribution in [3.05, 3.63) is 23.5 Å². The molecule has 0 saturated carbocycles. The molecule has 0 unspecified atom stereocenters. The molecule has 0 spiro atoms. The molecule has 20 heavy (non-hydrogen) atoms. The third-order valence-corrected chi connectivity index (χ3v) is 4.61. The predicted molar refractivity (Wildman–Crippen MR) is 66.0 cm³/mol. The van der Waals surface area contributed by atoms with Crippen LogP contribution in [-0.2, 0) is 10.0 Å². The Bertz CT molecular complexity index is 576. The molecule has 1 aromatic rings. The molecule has 0 radical (unpaired) electrons. The van der Waals surface area contributed by atoms with Gasteiger partial charge in [0.1, 0.15) is 5.82 Å². The predicted octanol–water partition coefficient (Wildman–Crippen LogP) is 2.29. The van der Waals surface area contributed by atoms with Crippen molar-refractivity contribution in [1.82, 2.24) is 4.31 Å². The maximum Gasteiger partial charge on any atom is 0.390 e. The van der Waals surface area contributed by atoms with Gasteiger partial charge in [-0.2, -0.15) is 13.2 Å². The standard InChI is InChI=1S/C11H14F4N2O2S/c1-7-9(12)5-8(6-10(7)16)20(18,19)17(2)4-3-11(13,14)15/h5-6H,3-4,16H2,1-2H3. The fraction of sp³-hybridized carbons (Fsp3) is 0.455. The molecule has 0 aromatic heterocycles. The van der Waals surface area contributed by atoms with Crippen LogP contribution in [0.3, 0.4) is 0 Å². The van der Waals surface area contributed by atoms with Crippen molar-refractivity contribution in [2.75, 3.05) is 19.3 Å². The maximum atomic E-state index is 13.5. The first-order valence-electron chi connectivity index (χ1n) is 5.54. The summed E-state index contributed by atoms with van der Waals surface area (Å²) in [6.07, 6.45) is -5.76. The molecule has 0 atom stereocenters. The van der Waals surface area contributed by atoms with Crippen LogP contribution in [0.4, 0.5) is 23.2 Å². The smallest absolute Gasteiger partial charge is 0.390 e. The van der Waals surface area contributed by atoms with Crippen LogP contribution in [0, 0.1) is 12.7 Å². The van der Waals surface area contributed by atoms with Crippen LogP contribution in [0.1, 0.15) is 12.0 Å². The van der Waals surface area contributed by atoms with Gasteiger partial charge in [0.05, 0.1) is 11.3 Å². The number of benzene rings is 1. The number of sulfonamides is 1. The lowest BCUT2D eigenvalue weighted by Gasteiger charge is -2.18. The highest BCUT2D eigenvalue weighted by molar-refractivity contribution is 7.89. The number of anilines is 1. The fourth-order valence-corrected chi connectivity index (χ4v) is 2.63. The third kappa shape index (κ3) is 3.83. The van der Waals surface area contributed by atoms with Gasteiger partial charge in [-0.3, -0.25) is 0 Å². The van der Waals surface area contributed by atoms with Gasteiger partial charge in [-0.25, -0.2) is 17.1 Å². The molecule has 1 rings (SSSR count). The molecule has 0 amide bonds. The largest absolute Gasteiger partial charge is 0.398 e. The van der Waals surface area contributed by atoms with E-state index in [4.69, 9.17) is 5.73 Å². The summed E-state index contributed by atoms with van der Waals surface area (Å²) in [6.45, 7) is 0.621. The van der Waals surface area contributed by atoms with Crippen molar-refractivity contribution in [1.29, 1.82) is 0 Å². The highest BCUT2D eigenvalue weighted by Crippen LogP contribution is 2.25. The lowest BCUT2D eigenvalue weighted by molar-refractivity contribution is -0.135. The summed E-state index contributed by atoms with van der Waals surface area (Å²) in [6, 6.07) is 1.77. The van der Waals surface area contributed by atoms with E-state index >= 15 is 0 Å². The van der Waals surface area contributed by atoms with E-state index in [0.29, 0.717) is 4.31 Å². The van der Waals surface area contributed by atoms with Gasteiger partial charge in [-0.15, -0.1) is 0 Å². The summed E-state index contributed by atoms with van der Waals surface area (Å²) >= 11 is 0. The number of nitrogen functional groups attached to an aromatic ring is 1. The van der Waals surface area contributed by atoms with E-state index < -0.39 is 39.9 Å². The molecule has 114 valence electrons. The summed E-state index contributed by atoms with van der Waals surface area (Å²) in [5.74, 6) is -0.826. The number of alkyl halides is 3. The van der Waals surface area contributed by atoms with E-state index in [9.17, 15) is 26.0 Å². The second-order valence-corrected chi connectivity index (χ2v) is 6.36. The topological polar surface area (TPSA) is 63.4 Å². The summed E-state index contributed by atoms with van der Waals surface area (Å²) in [5.41, 5.74) is 5.47. The van der Waals surface area contributed by atoms with Crippen molar-refractivity contribution in [3.63, 3.8) is 0 Å². The molecule has 1 aromatic carbocycles. The Morgan fingerprint density at radius 3 is 2.30 bits per heavy atom. The lowest BCUT2D eigenvalue weighted by Crippen LogP contribution is -2.30. The van der Waals surface area contributed by atoms with E-state index in [1.54, 1.807) is 0 Å². The van der Waals surface area contributed by atoms with Gasteiger partial charge in [0.25, 0.3) is 0 Å². The normalized spacial score (nSPS) is 12.9. The van der Waals surface area contributed by atoms with E-state index in [1.807, 2.05) is 0 Å². The van der Waals surface area contributed by atoms with Gasteiger partial charge in [0, 0.05) is 24.8 Å². The Hall–Kier alpha value is -1.35. The van der Waals surface area contributed by atoms with E-state index in [-0.39, 0.29) is 11.3 Å². The summed E-state index contributed by atoms with van der Waals surface area (Å²) in [5, 5.41) is 0. The van der Waals surface area contributed by atoms with Gasteiger partial charge in [0.15, 0.2) is 0 Å². The van der Waals surface area contributed by atoms with Crippen molar-refractivity contribution >= 4 is 15.7 Å². The van der Waals surface area contributed by atoms with Crippen molar-refractivity contribution in [3.8, 4) is 0 Å². The van der Waals surface area contributed by atoms with Gasteiger partial charge >= 0.3 is 6.18 Å². The molecule has 0 aliphatic rings. The quantitative estimate of drug-likeness (QED) is 0.685. The van der Waals surface area contributed by atoms with Crippen LogP contribution in [-0.4, -0.2) is 32.5 Å². The average molecular weight is 314 g/mol. The van der Waals surface area contributed by atoms with Crippen LogP contribution in [0.2, 0.25) is 0 Å². The molecular weight excluding hydrogens is 300 g/mol. The molecule has 0 bridgehead atoms. The number of nitrogens with two attached hydrogens (primary N) is 1. The minimum atomic E-state index is -4.47. The highest BCUT2D eigenvalue weighted by Gasteiger charge is 2.30. The van der Waals surface area contributed by atoms with Gasteiger partial charge < -0.3 is 5.73 Å². The van der Waals surface area contributed by atoms with E-state index in [0.717, 1.165) is 19.2 Å². The van der Waals surface area contributed by atoms with Crippen LogP contribution in [0.15, 0.2) is 17.0 Å². The number of rotatable bonds is 4. The Labute approximate surface area is 114 Å². The second-order valence-electron chi connectivity index (χ2n) is 4.31. The Morgan fingerprint density at radius 2 is 1.85 bits per heavy atom. The van der Waals surface area contributed by atoms with Crippen molar-refractivity contribution in [2.45, 2.75) is 24.4 Å². The lowest BCUT2D eigenvalue weighted by atomic mass is 10.2. The number of halogens is 4. The molecule has 0 heterocycles. The number of hydrogen-bond donors (Lipinski definition) is 1. The molecule has 0 aliphatic heterocycles. The minimum Gasteiger partial charge on any atom is -0.398 e. The van der Waals surface area contributed by atoms with Crippen LogP contribution < -0.4 is 5.73 Å². The second kappa shape index (κ2) is 5.57. The van der Waals surface area contributed by atoms with Gasteiger partial charge in [-0.1, -0.05) is 0 Å². The van der Waals surface area contributed by atoms with Gasteiger partial charge in [0.2, 0.25) is 10.0 Å². The average Bonchev–Trinajstić information content (AvgIpc) is 2.31. The maximum absolute atomic E-state index is 13.5. The molecule has 2 N–H and O–H groups in total. The zero-order chi connectivity index (χ0) is 15.7. The summed E-state index contributed by atoms with van der Waals surface area (Å²) in [4.78, 5) is -0.470. The first-order chi connectivity index (χ1) is 8.95. The molecule has 0 fully saturated rings. The zero-order valence-corrected chi connectivity index (χ0v) is 11.6. The molecular formula is C11H14F4N2O2S. The van der Waals surface area contributed by atoms with Gasteiger partial charge in [-0.05, 0) is 19.1 Å². The zero-order valence-electron chi connectivity index (χ0n) is 10.8. The molecule has 4 nitrogen and oxygen atoms in total. The SMILES string of the molecule is Cc1c(N)cc(S(=O)(=O)N(C)CCC(F)(F)F)cc1F. The van der Waals surface area contributed by atoms with Crippen molar-refractivity contribution in [2.24, 2.45) is 0 Å². The Balaban J connectivity index is 3.05. The third-order valence-electron chi connectivity index (χ3n) is 2.78. The molecule has 0 saturated heterocycles. The highest BCUT2D eigenvalue weighted by atomic mass is 32.2. The van der Waals surface area contributed by atoms with Crippen LogP contribution in [0.5, 0.6) is 0 Å². The van der Waals surface area contributed by atoms with E-state index in [2.05, 4.69) is 0 Å². The first kappa shape index (κ1) is 16.7.